The average Bonchev–Trinajstić information content (AvgIpc) is 2.86. The molecule has 5 nitrogen and oxygen atoms in total. The summed E-state index contributed by atoms with van der Waals surface area (Å²) in [6.07, 6.45) is 2.26. The Morgan fingerprint density at radius 2 is 2.16 bits per heavy atom. The van der Waals surface area contributed by atoms with Crippen LogP contribution in [0.1, 0.15) is 23.7 Å². The molecule has 2 aromatic rings. The van der Waals surface area contributed by atoms with Crippen molar-refractivity contribution in [1.82, 2.24) is 10.3 Å². The Kier molecular flexibility index (Phi) is 3.85. The number of carboxylic acid groups (broad SMARTS) is 1. The van der Waals surface area contributed by atoms with Crippen LogP contribution in [0.15, 0.2) is 30.5 Å². The Balaban J connectivity index is 2.12. The molecule has 0 saturated heterocycles. The molecule has 0 radical (unpaired) electrons. The van der Waals surface area contributed by atoms with E-state index in [2.05, 4.69) is 10.3 Å². The zero-order chi connectivity index (χ0) is 13.8. The quantitative estimate of drug-likeness (QED) is 0.769. The van der Waals surface area contributed by atoms with Gasteiger partial charge in [-0.2, -0.15) is 0 Å². The molecule has 0 fully saturated rings. The maximum Gasteiger partial charge on any atom is 0.308 e. The van der Waals surface area contributed by atoms with Crippen molar-refractivity contribution >= 4 is 22.8 Å². The molecule has 1 aromatic carbocycles. The number of rotatable bonds is 5. The number of hydrogen-bond donors (Lipinski definition) is 3. The van der Waals surface area contributed by atoms with Gasteiger partial charge in [0.1, 0.15) is 0 Å². The van der Waals surface area contributed by atoms with Gasteiger partial charge in [0.15, 0.2) is 0 Å². The third-order valence-corrected chi connectivity index (χ3v) is 3.19. The predicted octanol–water partition coefficient (Wildman–Crippen LogP) is 2.01. The Morgan fingerprint density at radius 1 is 1.37 bits per heavy atom. The van der Waals surface area contributed by atoms with Crippen molar-refractivity contribution < 1.29 is 14.7 Å². The highest BCUT2D eigenvalue weighted by Gasteiger charge is 2.17. The molecule has 0 spiro atoms. The van der Waals surface area contributed by atoms with Crippen molar-refractivity contribution in [2.45, 2.75) is 13.3 Å². The van der Waals surface area contributed by atoms with Gasteiger partial charge in [0, 0.05) is 29.2 Å². The molecule has 1 amide bonds. The van der Waals surface area contributed by atoms with Gasteiger partial charge in [-0.25, -0.2) is 0 Å². The Labute approximate surface area is 110 Å². The number of aliphatic carboxylic acids is 1. The van der Waals surface area contributed by atoms with Crippen LogP contribution in [0.5, 0.6) is 0 Å². The summed E-state index contributed by atoms with van der Waals surface area (Å²) >= 11 is 0. The molecular formula is C14H16N2O3. The van der Waals surface area contributed by atoms with Crippen LogP contribution >= 0.6 is 0 Å². The summed E-state index contributed by atoms with van der Waals surface area (Å²) in [7, 11) is 0. The molecule has 0 bridgehead atoms. The minimum Gasteiger partial charge on any atom is -0.481 e. The van der Waals surface area contributed by atoms with E-state index in [0.29, 0.717) is 12.0 Å². The van der Waals surface area contributed by atoms with Crippen LogP contribution in [-0.4, -0.2) is 28.5 Å². The summed E-state index contributed by atoms with van der Waals surface area (Å²) in [5.74, 6) is -1.68. The number of carboxylic acids is 1. The Hall–Kier alpha value is -2.30. The summed E-state index contributed by atoms with van der Waals surface area (Å²) in [4.78, 5) is 26.0. The third-order valence-electron chi connectivity index (χ3n) is 3.19. The number of carbonyl (C=O) groups is 2. The first-order chi connectivity index (χ1) is 9.13. The SMILES string of the molecule is CCC(CNC(=O)c1cccc2[nH]ccc12)C(=O)O. The molecule has 5 heteroatoms. The Bertz CT molecular complexity index is 604. The molecule has 19 heavy (non-hydrogen) atoms. The molecule has 3 N–H and O–H groups in total. The molecular weight excluding hydrogens is 244 g/mol. The molecule has 1 aromatic heterocycles. The smallest absolute Gasteiger partial charge is 0.308 e. The van der Waals surface area contributed by atoms with Crippen LogP contribution in [0.25, 0.3) is 10.9 Å². The summed E-state index contributed by atoms with van der Waals surface area (Å²) in [5.41, 5.74) is 1.44. The number of benzene rings is 1. The molecule has 0 aliphatic heterocycles. The van der Waals surface area contributed by atoms with E-state index in [1.165, 1.54) is 0 Å². The van der Waals surface area contributed by atoms with Crippen molar-refractivity contribution in [3.05, 3.63) is 36.0 Å². The summed E-state index contributed by atoms with van der Waals surface area (Å²) in [6.45, 7) is 1.93. The van der Waals surface area contributed by atoms with E-state index in [-0.39, 0.29) is 12.5 Å². The van der Waals surface area contributed by atoms with E-state index in [9.17, 15) is 9.59 Å². The van der Waals surface area contributed by atoms with Gasteiger partial charge in [0.2, 0.25) is 0 Å². The first-order valence-corrected chi connectivity index (χ1v) is 6.20. The highest BCUT2D eigenvalue weighted by molar-refractivity contribution is 6.06. The van der Waals surface area contributed by atoms with E-state index < -0.39 is 11.9 Å². The maximum absolute atomic E-state index is 12.1. The lowest BCUT2D eigenvalue weighted by molar-refractivity contribution is -0.141. The van der Waals surface area contributed by atoms with Crippen molar-refractivity contribution in [2.24, 2.45) is 5.92 Å². The number of hydrogen-bond acceptors (Lipinski definition) is 2. The second kappa shape index (κ2) is 5.56. The van der Waals surface area contributed by atoms with E-state index in [0.717, 1.165) is 10.9 Å². The lowest BCUT2D eigenvalue weighted by Crippen LogP contribution is -2.32. The lowest BCUT2D eigenvalue weighted by atomic mass is 10.1. The summed E-state index contributed by atoms with van der Waals surface area (Å²) in [6, 6.07) is 7.24. The van der Waals surface area contributed by atoms with Crippen LogP contribution < -0.4 is 5.32 Å². The molecule has 1 heterocycles. The fraction of sp³-hybridized carbons (Fsp3) is 0.286. The topological polar surface area (TPSA) is 82.2 Å². The van der Waals surface area contributed by atoms with Gasteiger partial charge in [0.05, 0.1) is 5.92 Å². The highest BCUT2D eigenvalue weighted by Crippen LogP contribution is 2.17. The van der Waals surface area contributed by atoms with Gasteiger partial charge in [-0.05, 0) is 24.6 Å². The largest absolute Gasteiger partial charge is 0.481 e. The average molecular weight is 260 g/mol. The van der Waals surface area contributed by atoms with E-state index in [1.807, 2.05) is 12.1 Å². The maximum atomic E-state index is 12.1. The molecule has 1 unspecified atom stereocenters. The van der Waals surface area contributed by atoms with Gasteiger partial charge in [-0.3, -0.25) is 9.59 Å². The van der Waals surface area contributed by atoms with Crippen molar-refractivity contribution in [3.63, 3.8) is 0 Å². The first kappa shape index (κ1) is 13.1. The number of aromatic nitrogens is 1. The standard InChI is InChI=1S/C14H16N2O3/c1-2-9(14(18)19)8-16-13(17)11-4-3-5-12-10(11)6-7-15-12/h3-7,9,15H,2,8H2,1H3,(H,16,17)(H,18,19). The van der Waals surface area contributed by atoms with Gasteiger partial charge in [-0.1, -0.05) is 13.0 Å². The summed E-state index contributed by atoms with van der Waals surface area (Å²) in [5, 5.41) is 12.5. The minimum atomic E-state index is -0.886. The molecule has 0 aliphatic carbocycles. The fourth-order valence-corrected chi connectivity index (χ4v) is 2.00. The number of fused-ring (bicyclic) bond motifs is 1. The number of carbonyl (C=O) groups excluding carboxylic acids is 1. The monoisotopic (exact) mass is 260 g/mol. The van der Waals surface area contributed by atoms with E-state index in [4.69, 9.17) is 5.11 Å². The number of H-pyrrole nitrogens is 1. The zero-order valence-electron chi connectivity index (χ0n) is 10.6. The minimum absolute atomic E-state index is 0.144. The van der Waals surface area contributed by atoms with Crippen LogP contribution in [-0.2, 0) is 4.79 Å². The second-order valence-electron chi connectivity index (χ2n) is 4.40. The van der Waals surface area contributed by atoms with Crippen LogP contribution in [0, 0.1) is 5.92 Å². The van der Waals surface area contributed by atoms with Gasteiger partial charge >= 0.3 is 5.97 Å². The van der Waals surface area contributed by atoms with Crippen molar-refractivity contribution in [2.75, 3.05) is 6.54 Å². The van der Waals surface area contributed by atoms with Crippen LogP contribution in [0.4, 0.5) is 0 Å². The highest BCUT2D eigenvalue weighted by atomic mass is 16.4. The molecule has 0 aliphatic rings. The predicted molar refractivity (Wildman–Crippen MR) is 72.0 cm³/mol. The van der Waals surface area contributed by atoms with E-state index >= 15 is 0 Å². The van der Waals surface area contributed by atoms with Gasteiger partial charge < -0.3 is 15.4 Å². The van der Waals surface area contributed by atoms with Crippen molar-refractivity contribution in [1.29, 1.82) is 0 Å². The molecule has 1 atom stereocenters. The van der Waals surface area contributed by atoms with Crippen LogP contribution in [0.3, 0.4) is 0 Å². The number of nitrogens with one attached hydrogen (secondary N) is 2. The van der Waals surface area contributed by atoms with E-state index in [1.54, 1.807) is 25.3 Å². The molecule has 0 saturated carbocycles. The van der Waals surface area contributed by atoms with Crippen molar-refractivity contribution in [3.8, 4) is 0 Å². The van der Waals surface area contributed by atoms with Crippen LogP contribution in [0.2, 0.25) is 0 Å². The fourth-order valence-electron chi connectivity index (χ4n) is 2.00. The van der Waals surface area contributed by atoms with Gasteiger partial charge in [-0.15, -0.1) is 0 Å². The second-order valence-corrected chi connectivity index (χ2v) is 4.40. The lowest BCUT2D eigenvalue weighted by Gasteiger charge is -2.11. The summed E-state index contributed by atoms with van der Waals surface area (Å²) < 4.78 is 0. The third kappa shape index (κ3) is 2.76. The normalized spacial score (nSPS) is 12.3. The molecule has 100 valence electrons. The zero-order valence-corrected chi connectivity index (χ0v) is 10.6. The first-order valence-electron chi connectivity index (χ1n) is 6.20. The Morgan fingerprint density at radius 3 is 2.84 bits per heavy atom. The number of amides is 1. The molecule has 2 rings (SSSR count). The number of aromatic amines is 1. The van der Waals surface area contributed by atoms with Gasteiger partial charge in [0.25, 0.3) is 5.91 Å².